The van der Waals surface area contributed by atoms with Crippen molar-refractivity contribution < 1.29 is 9.13 Å². The molecule has 0 radical (unpaired) electrons. The van der Waals surface area contributed by atoms with Crippen LogP contribution in [0.2, 0.25) is 5.02 Å². The first-order valence-electron chi connectivity index (χ1n) is 5.14. The molecule has 90 valence electrons. The number of nitrogens with two attached hydrogens (primary N) is 1. The van der Waals surface area contributed by atoms with Crippen molar-refractivity contribution in [1.29, 1.82) is 0 Å². The van der Waals surface area contributed by atoms with Gasteiger partial charge in [-0.15, -0.1) is 0 Å². The van der Waals surface area contributed by atoms with E-state index >= 15 is 0 Å². The van der Waals surface area contributed by atoms with Crippen molar-refractivity contribution >= 4 is 23.0 Å². The normalized spacial score (nSPS) is 12.5. The van der Waals surface area contributed by atoms with Gasteiger partial charge < -0.3 is 15.8 Å². The Morgan fingerprint density at radius 1 is 1.56 bits per heavy atom. The molecule has 1 atom stereocenters. The quantitative estimate of drug-likeness (QED) is 0.786. The fourth-order valence-corrected chi connectivity index (χ4v) is 1.48. The van der Waals surface area contributed by atoms with Gasteiger partial charge in [0.25, 0.3) is 0 Å². The highest BCUT2D eigenvalue weighted by Gasteiger charge is 2.07. The average Bonchev–Trinajstić information content (AvgIpc) is 2.22. The number of rotatable bonds is 5. The summed E-state index contributed by atoms with van der Waals surface area (Å²) in [6.45, 7) is 5.07. The van der Waals surface area contributed by atoms with Crippen molar-refractivity contribution in [2.45, 2.75) is 20.0 Å². The number of hydrogen-bond donors (Lipinski definition) is 2. The van der Waals surface area contributed by atoms with E-state index in [1.165, 1.54) is 12.1 Å². The summed E-state index contributed by atoms with van der Waals surface area (Å²) in [6.07, 6.45) is 0.0446. The molecule has 1 aromatic rings. The van der Waals surface area contributed by atoms with Crippen molar-refractivity contribution in [1.82, 2.24) is 0 Å². The second kappa shape index (κ2) is 5.92. The van der Waals surface area contributed by atoms with Crippen LogP contribution in [0, 0.1) is 5.82 Å². The van der Waals surface area contributed by atoms with Crippen molar-refractivity contribution in [3.05, 3.63) is 23.0 Å². The number of ether oxygens (including phenoxy) is 1. The third-order valence-electron chi connectivity index (χ3n) is 2.12. The van der Waals surface area contributed by atoms with E-state index in [0.717, 1.165) is 0 Å². The molecule has 3 N–H and O–H groups in total. The summed E-state index contributed by atoms with van der Waals surface area (Å²) in [5, 5.41) is 3.05. The molecule has 0 aliphatic rings. The van der Waals surface area contributed by atoms with Crippen molar-refractivity contribution in [3.63, 3.8) is 0 Å². The fraction of sp³-hybridized carbons (Fsp3) is 0.455. The molecule has 0 bridgehead atoms. The molecular formula is C11H16ClFN2O. The van der Waals surface area contributed by atoms with Gasteiger partial charge in [-0.2, -0.15) is 0 Å². The second-order valence-corrected chi connectivity index (χ2v) is 3.91. The van der Waals surface area contributed by atoms with Crippen LogP contribution in [-0.2, 0) is 4.74 Å². The van der Waals surface area contributed by atoms with Crippen LogP contribution in [0.15, 0.2) is 12.1 Å². The summed E-state index contributed by atoms with van der Waals surface area (Å²) < 4.78 is 18.5. The van der Waals surface area contributed by atoms with E-state index in [-0.39, 0.29) is 11.1 Å². The van der Waals surface area contributed by atoms with E-state index in [1.54, 1.807) is 0 Å². The van der Waals surface area contributed by atoms with E-state index in [4.69, 9.17) is 22.1 Å². The maximum atomic E-state index is 13.2. The van der Waals surface area contributed by atoms with Gasteiger partial charge in [-0.05, 0) is 19.9 Å². The number of halogens is 2. The van der Waals surface area contributed by atoms with Gasteiger partial charge in [0.2, 0.25) is 0 Å². The highest BCUT2D eigenvalue weighted by Crippen LogP contribution is 2.25. The number of nitrogen functional groups attached to an aromatic ring is 1. The Balaban J connectivity index is 2.63. The lowest BCUT2D eigenvalue weighted by Crippen LogP contribution is -2.20. The van der Waals surface area contributed by atoms with Crippen molar-refractivity contribution in [2.75, 3.05) is 24.2 Å². The Hall–Kier alpha value is -1.00. The highest BCUT2D eigenvalue weighted by atomic mass is 35.5. The molecule has 0 spiro atoms. The zero-order valence-electron chi connectivity index (χ0n) is 9.39. The highest BCUT2D eigenvalue weighted by molar-refractivity contribution is 6.31. The SMILES string of the molecule is CCOC(C)CNc1cc(F)c(Cl)cc1N. The summed E-state index contributed by atoms with van der Waals surface area (Å²) in [4.78, 5) is 0. The van der Waals surface area contributed by atoms with E-state index in [9.17, 15) is 4.39 Å². The van der Waals surface area contributed by atoms with E-state index in [1.807, 2.05) is 13.8 Å². The third kappa shape index (κ3) is 3.54. The minimum atomic E-state index is -0.484. The molecule has 0 aromatic heterocycles. The molecule has 0 saturated heterocycles. The smallest absolute Gasteiger partial charge is 0.143 e. The molecule has 1 aromatic carbocycles. The third-order valence-corrected chi connectivity index (χ3v) is 2.41. The Bertz CT molecular complexity index is 360. The fourth-order valence-electron chi connectivity index (χ4n) is 1.31. The molecule has 0 saturated carbocycles. The minimum absolute atomic E-state index is 0.0286. The molecule has 0 fully saturated rings. The lowest BCUT2D eigenvalue weighted by atomic mass is 10.2. The standard InChI is InChI=1S/C11H16ClFN2O/c1-3-16-7(2)6-15-11-5-9(13)8(12)4-10(11)14/h4-5,7,15H,3,6,14H2,1-2H3. The second-order valence-electron chi connectivity index (χ2n) is 3.50. The maximum absolute atomic E-state index is 13.2. The number of hydrogen-bond acceptors (Lipinski definition) is 3. The summed E-state index contributed by atoms with van der Waals surface area (Å²) in [5.41, 5.74) is 6.66. The van der Waals surface area contributed by atoms with Crippen molar-refractivity contribution in [2.24, 2.45) is 0 Å². The molecule has 1 rings (SSSR count). The predicted molar refractivity (Wildman–Crippen MR) is 65.4 cm³/mol. The minimum Gasteiger partial charge on any atom is -0.397 e. The molecule has 16 heavy (non-hydrogen) atoms. The van der Waals surface area contributed by atoms with Gasteiger partial charge in [-0.3, -0.25) is 0 Å². The Kier molecular flexibility index (Phi) is 4.83. The molecule has 5 heteroatoms. The number of benzene rings is 1. The van der Waals surface area contributed by atoms with E-state index in [2.05, 4.69) is 5.32 Å². The van der Waals surface area contributed by atoms with Crippen molar-refractivity contribution in [3.8, 4) is 0 Å². The summed E-state index contributed by atoms with van der Waals surface area (Å²) >= 11 is 5.59. The van der Waals surface area contributed by atoms with Gasteiger partial charge in [0.15, 0.2) is 0 Å². The summed E-state index contributed by atoms with van der Waals surface area (Å²) in [7, 11) is 0. The predicted octanol–water partition coefficient (Wildman–Crippen LogP) is 2.90. The largest absolute Gasteiger partial charge is 0.397 e. The number of nitrogens with one attached hydrogen (secondary N) is 1. The molecule has 0 aliphatic carbocycles. The van der Waals surface area contributed by atoms with Crippen LogP contribution in [0.25, 0.3) is 0 Å². The molecule has 0 aliphatic heterocycles. The monoisotopic (exact) mass is 246 g/mol. The van der Waals surface area contributed by atoms with Crippen LogP contribution in [-0.4, -0.2) is 19.3 Å². The van der Waals surface area contributed by atoms with Crippen LogP contribution >= 0.6 is 11.6 Å². The lowest BCUT2D eigenvalue weighted by Gasteiger charge is -2.15. The van der Waals surface area contributed by atoms with Crippen LogP contribution in [0.1, 0.15) is 13.8 Å². The molecular weight excluding hydrogens is 231 g/mol. The van der Waals surface area contributed by atoms with Crippen LogP contribution in [0.5, 0.6) is 0 Å². The van der Waals surface area contributed by atoms with Gasteiger partial charge in [0.05, 0.1) is 22.5 Å². The lowest BCUT2D eigenvalue weighted by molar-refractivity contribution is 0.0855. The maximum Gasteiger partial charge on any atom is 0.143 e. The van der Waals surface area contributed by atoms with Gasteiger partial charge in [-0.25, -0.2) is 4.39 Å². The molecule has 1 unspecified atom stereocenters. The van der Waals surface area contributed by atoms with E-state index < -0.39 is 5.82 Å². The van der Waals surface area contributed by atoms with Crippen LogP contribution in [0.3, 0.4) is 0 Å². The van der Waals surface area contributed by atoms with Crippen LogP contribution < -0.4 is 11.1 Å². The summed E-state index contributed by atoms with van der Waals surface area (Å²) in [5.74, 6) is -0.484. The van der Waals surface area contributed by atoms with Crippen LogP contribution in [0.4, 0.5) is 15.8 Å². The summed E-state index contributed by atoms with van der Waals surface area (Å²) in [6, 6.07) is 2.68. The zero-order chi connectivity index (χ0) is 12.1. The molecule has 0 heterocycles. The first-order chi connectivity index (χ1) is 7.54. The first kappa shape index (κ1) is 13.1. The first-order valence-corrected chi connectivity index (χ1v) is 5.52. The topological polar surface area (TPSA) is 47.3 Å². The van der Waals surface area contributed by atoms with Gasteiger partial charge >= 0.3 is 0 Å². The average molecular weight is 247 g/mol. The Morgan fingerprint density at radius 2 is 2.25 bits per heavy atom. The van der Waals surface area contributed by atoms with Gasteiger partial charge in [0.1, 0.15) is 5.82 Å². The zero-order valence-corrected chi connectivity index (χ0v) is 10.1. The van der Waals surface area contributed by atoms with Gasteiger partial charge in [0, 0.05) is 19.2 Å². The number of anilines is 2. The molecule has 0 amide bonds. The van der Waals surface area contributed by atoms with Gasteiger partial charge in [-0.1, -0.05) is 11.6 Å². The Labute approximate surface area is 99.7 Å². The molecule has 3 nitrogen and oxygen atoms in total. The van der Waals surface area contributed by atoms with E-state index in [0.29, 0.717) is 24.5 Å². The Morgan fingerprint density at radius 3 is 2.88 bits per heavy atom.